The first-order chi connectivity index (χ1) is 8.11. The summed E-state index contributed by atoms with van der Waals surface area (Å²) < 4.78 is 5.62. The minimum atomic E-state index is -0.0173. The zero-order valence-electron chi connectivity index (χ0n) is 9.82. The van der Waals surface area contributed by atoms with Crippen LogP contribution in [0.15, 0.2) is 24.8 Å². The number of Topliss-reactive ketones (excluding diaryl/α,β-unsaturated/α-hetero) is 1. The van der Waals surface area contributed by atoms with Gasteiger partial charge in [0.25, 0.3) is 0 Å². The number of ether oxygens (including phenoxy) is 1. The third-order valence-electron chi connectivity index (χ3n) is 2.78. The summed E-state index contributed by atoms with van der Waals surface area (Å²) in [6.07, 6.45) is 2.65. The van der Waals surface area contributed by atoms with E-state index in [2.05, 4.69) is 11.9 Å². The highest BCUT2D eigenvalue weighted by molar-refractivity contribution is 5.97. The van der Waals surface area contributed by atoms with Crippen LogP contribution in [0.3, 0.4) is 0 Å². The lowest BCUT2D eigenvalue weighted by Crippen LogP contribution is -2.31. The molecule has 0 unspecified atom stereocenters. The van der Waals surface area contributed by atoms with Crippen LogP contribution in [0, 0.1) is 0 Å². The molecule has 1 aliphatic rings. The largest absolute Gasteiger partial charge is 0.489 e. The number of ketones is 1. The van der Waals surface area contributed by atoms with Crippen molar-refractivity contribution >= 4 is 17.2 Å². The third-order valence-corrected chi connectivity index (χ3v) is 2.78. The smallest absolute Gasteiger partial charge is 0.160 e. The molecule has 2 rings (SSSR count). The number of hydrogen-bond donors (Lipinski definition) is 2. The van der Waals surface area contributed by atoms with Gasteiger partial charge in [0.1, 0.15) is 18.0 Å². The first-order valence-corrected chi connectivity index (χ1v) is 5.56. The van der Waals surface area contributed by atoms with Crippen molar-refractivity contribution in [3.05, 3.63) is 30.4 Å². The Hall–Kier alpha value is -1.97. The van der Waals surface area contributed by atoms with E-state index in [-0.39, 0.29) is 11.8 Å². The molecule has 0 saturated heterocycles. The second-order valence-electron chi connectivity index (χ2n) is 4.17. The maximum absolute atomic E-state index is 11.3. The number of nitrogens with two attached hydrogens (primary N) is 1. The Kier molecular flexibility index (Phi) is 3.04. The minimum Gasteiger partial charge on any atom is -0.489 e. The molecule has 0 saturated carbocycles. The zero-order chi connectivity index (χ0) is 12.4. The van der Waals surface area contributed by atoms with E-state index in [1.165, 1.54) is 6.92 Å². The fourth-order valence-electron chi connectivity index (χ4n) is 1.87. The van der Waals surface area contributed by atoms with E-state index < -0.39 is 0 Å². The molecule has 4 nitrogen and oxygen atoms in total. The molecule has 0 bridgehead atoms. The van der Waals surface area contributed by atoms with Crippen molar-refractivity contribution in [3.8, 4) is 5.75 Å². The van der Waals surface area contributed by atoms with Crippen LogP contribution in [-0.2, 0) is 0 Å². The SMILES string of the molecule is C=CC[C@H]1COc2cc(C(C)=O)cc(N)c2N1. The van der Waals surface area contributed by atoms with Crippen LogP contribution in [0.5, 0.6) is 5.75 Å². The molecular weight excluding hydrogens is 216 g/mol. The number of fused-ring (bicyclic) bond motifs is 1. The Morgan fingerprint density at radius 1 is 1.71 bits per heavy atom. The molecule has 0 amide bonds. The first kappa shape index (κ1) is 11.5. The predicted molar refractivity (Wildman–Crippen MR) is 68.6 cm³/mol. The molecule has 0 spiro atoms. The van der Waals surface area contributed by atoms with Crippen molar-refractivity contribution < 1.29 is 9.53 Å². The fourth-order valence-corrected chi connectivity index (χ4v) is 1.87. The monoisotopic (exact) mass is 232 g/mol. The molecule has 90 valence electrons. The molecule has 1 aromatic rings. The van der Waals surface area contributed by atoms with Crippen molar-refractivity contribution in [1.82, 2.24) is 0 Å². The van der Waals surface area contributed by atoms with Crippen molar-refractivity contribution in [2.24, 2.45) is 0 Å². The molecule has 3 N–H and O–H groups in total. The van der Waals surface area contributed by atoms with Gasteiger partial charge in [0.15, 0.2) is 5.78 Å². The van der Waals surface area contributed by atoms with Gasteiger partial charge in [0.05, 0.1) is 11.7 Å². The highest BCUT2D eigenvalue weighted by Crippen LogP contribution is 2.36. The van der Waals surface area contributed by atoms with Crippen molar-refractivity contribution in [2.75, 3.05) is 17.7 Å². The maximum Gasteiger partial charge on any atom is 0.160 e. The number of hydrogen-bond acceptors (Lipinski definition) is 4. The maximum atomic E-state index is 11.3. The normalized spacial score (nSPS) is 17.6. The van der Waals surface area contributed by atoms with Gasteiger partial charge in [-0.2, -0.15) is 0 Å². The van der Waals surface area contributed by atoms with Gasteiger partial charge in [-0.15, -0.1) is 6.58 Å². The first-order valence-electron chi connectivity index (χ1n) is 5.56. The molecule has 1 atom stereocenters. The Morgan fingerprint density at radius 2 is 2.47 bits per heavy atom. The standard InChI is InChI=1S/C13H16N2O2/c1-3-4-10-7-17-12-6-9(8(2)16)5-11(14)13(12)15-10/h3,5-6,10,15H,1,4,7,14H2,2H3/t10-/m0/s1. The summed E-state index contributed by atoms with van der Waals surface area (Å²) >= 11 is 0. The Bertz CT molecular complexity index is 469. The molecule has 0 radical (unpaired) electrons. The van der Waals surface area contributed by atoms with Gasteiger partial charge in [-0.05, 0) is 25.5 Å². The Labute approximate surface area is 100 Å². The van der Waals surface area contributed by atoms with Crippen molar-refractivity contribution in [1.29, 1.82) is 0 Å². The predicted octanol–water partition coefficient (Wildman–Crippen LogP) is 2.22. The molecule has 0 aliphatic carbocycles. The summed E-state index contributed by atoms with van der Waals surface area (Å²) in [6, 6.07) is 3.59. The zero-order valence-corrected chi connectivity index (χ0v) is 9.82. The fraction of sp³-hybridized carbons (Fsp3) is 0.308. The van der Waals surface area contributed by atoms with Crippen LogP contribution in [0.2, 0.25) is 0 Å². The van der Waals surface area contributed by atoms with Gasteiger partial charge < -0.3 is 15.8 Å². The Morgan fingerprint density at radius 3 is 3.12 bits per heavy atom. The van der Waals surface area contributed by atoms with Gasteiger partial charge in [0.2, 0.25) is 0 Å². The van der Waals surface area contributed by atoms with Crippen molar-refractivity contribution in [2.45, 2.75) is 19.4 Å². The van der Waals surface area contributed by atoms with Crippen LogP contribution >= 0.6 is 0 Å². The summed E-state index contributed by atoms with van der Waals surface area (Å²) in [5, 5.41) is 3.30. The van der Waals surface area contributed by atoms with E-state index in [9.17, 15) is 4.79 Å². The van der Waals surface area contributed by atoms with E-state index in [1.807, 2.05) is 6.08 Å². The molecule has 4 heteroatoms. The van der Waals surface area contributed by atoms with Gasteiger partial charge >= 0.3 is 0 Å². The van der Waals surface area contributed by atoms with Crippen LogP contribution in [0.1, 0.15) is 23.7 Å². The number of nitrogen functional groups attached to an aromatic ring is 1. The van der Waals surface area contributed by atoms with E-state index in [4.69, 9.17) is 10.5 Å². The molecule has 17 heavy (non-hydrogen) atoms. The second-order valence-corrected chi connectivity index (χ2v) is 4.17. The highest BCUT2D eigenvalue weighted by atomic mass is 16.5. The van der Waals surface area contributed by atoms with Crippen LogP contribution in [0.25, 0.3) is 0 Å². The summed E-state index contributed by atoms with van der Waals surface area (Å²) in [5.41, 5.74) is 7.81. The molecular formula is C13H16N2O2. The number of carbonyl (C=O) groups is 1. The third kappa shape index (κ3) is 2.25. The lowest BCUT2D eigenvalue weighted by Gasteiger charge is -2.28. The highest BCUT2D eigenvalue weighted by Gasteiger charge is 2.21. The Balaban J connectivity index is 2.33. The molecule has 0 fully saturated rings. The van der Waals surface area contributed by atoms with Gasteiger partial charge in [-0.1, -0.05) is 6.08 Å². The topological polar surface area (TPSA) is 64.3 Å². The molecule has 1 aliphatic heterocycles. The van der Waals surface area contributed by atoms with Crippen LogP contribution in [-0.4, -0.2) is 18.4 Å². The lowest BCUT2D eigenvalue weighted by atomic mass is 10.1. The number of anilines is 2. The number of rotatable bonds is 3. The summed E-state index contributed by atoms with van der Waals surface area (Å²) in [7, 11) is 0. The van der Waals surface area contributed by atoms with Crippen molar-refractivity contribution in [3.63, 3.8) is 0 Å². The quantitative estimate of drug-likeness (QED) is 0.476. The molecule has 1 aromatic carbocycles. The second kappa shape index (κ2) is 4.49. The average Bonchev–Trinajstić information content (AvgIpc) is 2.30. The van der Waals surface area contributed by atoms with E-state index in [1.54, 1.807) is 12.1 Å². The number of carbonyl (C=O) groups excluding carboxylic acids is 1. The van der Waals surface area contributed by atoms with E-state index in [0.29, 0.717) is 23.6 Å². The minimum absolute atomic E-state index is 0.0173. The number of nitrogens with one attached hydrogen (secondary N) is 1. The summed E-state index contributed by atoms with van der Waals surface area (Å²) in [6.45, 7) is 5.77. The van der Waals surface area contributed by atoms with E-state index >= 15 is 0 Å². The van der Waals surface area contributed by atoms with Crippen LogP contribution < -0.4 is 15.8 Å². The van der Waals surface area contributed by atoms with Gasteiger partial charge in [-0.3, -0.25) is 4.79 Å². The molecule has 1 heterocycles. The average molecular weight is 232 g/mol. The molecule has 0 aromatic heterocycles. The summed E-state index contributed by atoms with van der Waals surface area (Å²) in [4.78, 5) is 11.3. The van der Waals surface area contributed by atoms with Crippen LogP contribution in [0.4, 0.5) is 11.4 Å². The lowest BCUT2D eigenvalue weighted by molar-refractivity contribution is 0.101. The van der Waals surface area contributed by atoms with E-state index in [0.717, 1.165) is 12.1 Å². The number of benzene rings is 1. The van der Waals surface area contributed by atoms with Gasteiger partial charge in [0, 0.05) is 5.56 Å². The summed E-state index contributed by atoms with van der Waals surface area (Å²) in [5.74, 6) is 0.631. The van der Waals surface area contributed by atoms with Gasteiger partial charge in [-0.25, -0.2) is 0 Å².